The number of nitrogens with one attached hydrogen (secondary N) is 1. The number of Topliss-reactive ketones (excluding diaryl/α,β-unsaturated/α-hetero) is 1. The van der Waals surface area contributed by atoms with E-state index in [-0.39, 0.29) is 5.78 Å². The first-order chi connectivity index (χ1) is 8.40. The summed E-state index contributed by atoms with van der Waals surface area (Å²) < 4.78 is 4.74. The Morgan fingerprint density at radius 3 is 2.11 bits per heavy atom. The average molecular weight is 249 g/mol. The Kier molecular flexibility index (Phi) is 4.59. The van der Waals surface area contributed by atoms with E-state index in [0.717, 1.165) is 0 Å². The highest BCUT2D eigenvalue weighted by Gasteiger charge is 2.15. The van der Waals surface area contributed by atoms with Crippen molar-refractivity contribution in [2.24, 2.45) is 0 Å². The Balaban J connectivity index is 2.64. The molecular weight excluding hydrogens is 234 g/mol. The van der Waals surface area contributed by atoms with E-state index in [1.54, 1.807) is 24.3 Å². The summed E-state index contributed by atoms with van der Waals surface area (Å²) in [5, 5.41) is 2.59. The molecule has 0 spiro atoms. The van der Waals surface area contributed by atoms with Crippen LogP contribution in [0.3, 0.4) is 0 Å². The van der Waals surface area contributed by atoms with Crippen molar-refractivity contribution in [2.45, 2.75) is 26.9 Å². The predicted molar refractivity (Wildman–Crippen MR) is 66.3 cm³/mol. The van der Waals surface area contributed by atoms with Crippen LogP contribution in [0, 0.1) is 0 Å². The zero-order valence-electron chi connectivity index (χ0n) is 10.5. The van der Waals surface area contributed by atoms with Gasteiger partial charge in [0.25, 0.3) is 5.91 Å². The van der Waals surface area contributed by atoms with E-state index < -0.39 is 18.0 Å². The van der Waals surface area contributed by atoms with E-state index in [0.29, 0.717) is 11.3 Å². The molecule has 0 aliphatic carbocycles. The molecule has 1 N–H and O–H groups in total. The summed E-state index contributed by atoms with van der Waals surface area (Å²) in [6.45, 7) is 4.20. The first kappa shape index (κ1) is 13.9. The largest absolute Gasteiger partial charge is 0.453 e. The number of hydrogen-bond acceptors (Lipinski definition) is 4. The molecule has 0 saturated heterocycles. The maximum Gasteiger partial charge on any atom is 0.303 e. The first-order valence-electron chi connectivity index (χ1n) is 5.49. The molecule has 1 aromatic carbocycles. The molecule has 1 rings (SSSR count). The van der Waals surface area contributed by atoms with Gasteiger partial charge in [0.05, 0.1) is 0 Å². The van der Waals surface area contributed by atoms with Gasteiger partial charge in [-0.25, -0.2) is 0 Å². The summed E-state index contributed by atoms with van der Waals surface area (Å²) in [5.74, 6) is -0.966. The zero-order chi connectivity index (χ0) is 13.7. The van der Waals surface area contributed by atoms with Gasteiger partial charge in [-0.05, 0) is 38.1 Å². The number of rotatable bonds is 4. The Labute approximate surface area is 105 Å². The minimum Gasteiger partial charge on any atom is -0.453 e. The van der Waals surface area contributed by atoms with E-state index in [4.69, 9.17) is 4.74 Å². The Bertz CT molecular complexity index is 464. The second kappa shape index (κ2) is 5.95. The Morgan fingerprint density at radius 2 is 1.67 bits per heavy atom. The molecule has 0 aliphatic rings. The molecule has 0 fully saturated rings. The van der Waals surface area contributed by atoms with Gasteiger partial charge >= 0.3 is 5.97 Å². The summed E-state index contributed by atoms with van der Waals surface area (Å²) in [6.07, 6.45) is -0.852. The van der Waals surface area contributed by atoms with E-state index in [1.807, 2.05) is 0 Å². The summed E-state index contributed by atoms with van der Waals surface area (Å²) in [4.78, 5) is 33.4. The van der Waals surface area contributed by atoms with Crippen molar-refractivity contribution < 1.29 is 19.1 Å². The summed E-state index contributed by atoms with van der Waals surface area (Å²) in [6, 6.07) is 6.48. The molecule has 0 aromatic heterocycles. The number of carbonyl (C=O) groups excluding carboxylic acids is 3. The van der Waals surface area contributed by atoms with Crippen LogP contribution in [0.2, 0.25) is 0 Å². The number of ether oxygens (including phenoxy) is 1. The van der Waals surface area contributed by atoms with Gasteiger partial charge in [0.2, 0.25) is 0 Å². The second-order valence-corrected chi connectivity index (χ2v) is 3.87. The second-order valence-electron chi connectivity index (χ2n) is 3.87. The number of ketones is 1. The molecule has 0 unspecified atom stereocenters. The minimum absolute atomic E-state index is 0.0406. The third-order valence-corrected chi connectivity index (χ3v) is 2.27. The molecule has 1 atom stereocenters. The minimum atomic E-state index is -0.852. The summed E-state index contributed by atoms with van der Waals surface area (Å²) >= 11 is 0. The van der Waals surface area contributed by atoms with Crippen LogP contribution in [0.15, 0.2) is 24.3 Å². The molecule has 0 radical (unpaired) electrons. The molecule has 1 amide bonds. The van der Waals surface area contributed by atoms with Gasteiger partial charge in [-0.1, -0.05) is 0 Å². The highest BCUT2D eigenvalue weighted by molar-refractivity contribution is 5.97. The van der Waals surface area contributed by atoms with Crippen LogP contribution < -0.4 is 5.32 Å². The van der Waals surface area contributed by atoms with Crippen LogP contribution >= 0.6 is 0 Å². The lowest BCUT2D eigenvalue weighted by Crippen LogP contribution is -2.29. The Morgan fingerprint density at radius 1 is 1.11 bits per heavy atom. The van der Waals surface area contributed by atoms with Crippen molar-refractivity contribution in [1.29, 1.82) is 0 Å². The number of amides is 1. The normalized spacial score (nSPS) is 11.5. The SMILES string of the molecule is CC(=O)O[C@H](C)C(=O)Nc1ccc(C(C)=O)cc1. The molecule has 1 aromatic rings. The van der Waals surface area contributed by atoms with Crippen LogP contribution in [0.5, 0.6) is 0 Å². The van der Waals surface area contributed by atoms with E-state index in [1.165, 1.54) is 20.8 Å². The molecule has 0 aliphatic heterocycles. The highest BCUT2D eigenvalue weighted by atomic mass is 16.5. The Hall–Kier alpha value is -2.17. The van der Waals surface area contributed by atoms with Crippen LogP contribution in [0.4, 0.5) is 5.69 Å². The van der Waals surface area contributed by atoms with Gasteiger partial charge < -0.3 is 10.1 Å². The zero-order valence-corrected chi connectivity index (χ0v) is 10.5. The monoisotopic (exact) mass is 249 g/mol. The van der Waals surface area contributed by atoms with Gasteiger partial charge in [0, 0.05) is 18.2 Å². The van der Waals surface area contributed by atoms with Crippen molar-refractivity contribution in [1.82, 2.24) is 0 Å². The van der Waals surface area contributed by atoms with Crippen molar-refractivity contribution in [3.8, 4) is 0 Å². The molecule has 18 heavy (non-hydrogen) atoms. The number of hydrogen-bond donors (Lipinski definition) is 1. The van der Waals surface area contributed by atoms with E-state index in [9.17, 15) is 14.4 Å². The summed E-state index contributed by atoms with van der Waals surface area (Å²) in [5.41, 5.74) is 1.12. The highest BCUT2D eigenvalue weighted by Crippen LogP contribution is 2.10. The fraction of sp³-hybridized carbons (Fsp3) is 0.308. The van der Waals surface area contributed by atoms with Crippen LogP contribution in [0.25, 0.3) is 0 Å². The van der Waals surface area contributed by atoms with Crippen LogP contribution in [-0.2, 0) is 14.3 Å². The fourth-order valence-electron chi connectivity index (χ4n) is 1.33. The lowest BCUT2D eigenvalue weighted by Gasteiger charge is -2.12. The summed E-state index contributed by atoms with van der Waals surface area (Å²) in [7, 11) is 0. The van der Waals surface area contributed by atoms with Crippen molar-refractivity contribution in [3.05, 3.63) is 29.8 Å². The van der Waals surface area contributed by atoms with E-state index in [2.05, 4.69) is 5.32 Å². The lowest BCUT2D eigenvalue weighted by molar-refractivity contribution is -0.150. The number of esters is 1. The molecule has 0 heterocycles. The number of carbonyl (C=O) groups is 3. The molecular formula is C13H15NO4. The molecule has 0 bridgehead atoms. The lowest BCUT2D eigenvalue weighted by atomic mass is 10.1. The third kappa shape index (κ3) is 4.01. The molecule has 5 nitrogen and oxygen atoms in total. The van der Waals surface area contributed by atoms with Gasteiger partial charge in [-0.3, -0.25) is 14.4 Å². The van der Waals surface area contributed by atoms with Crippen LogP contribution in [-0.4, -0.2) is 23.8 Å². The molecule has 96 valence electrons. The van der Waals surface area contributed by atoms with Gasteiger partial charge in [0.1, 0.15) is 0 Å². The average Bonchev–Trinajstić information content (AvgIpc) is 2.28. The van der Waals surface area contributed by atoms with Gasteiger partial charge in [-0.2, -0.15) is 0 Å². The topological polar surface area (TPSA) is 72.5 Å². The maximum absolute atomic E-state index is 11.6. The molecule has 5 heteroatoms. The predicted octanol–water partition coefficient (Wildman–Crippen LogP) is 1.78. The maximum atomic E-state index is 11.6. The number of benzene rings is 1. The first-order valence-corrected chi connectivity index (χ1v) is 5.49. The van der Waals surface area contributed by atoms with Crippen molar-refractivity contribution >= 4 is 23.3 Å². The molecule has 0 saturated carbocycles. The van der Waals surface area contributed by atoms with Gasteiger partial charge in [-0.15, -0.1) is 0 Å². The van der Waals surface area contributed by atoms with E-state index >= 15 is 0 Å². The van der Waals surface area contributed by atoms with Crippen molar-refractivity contribution in [2.75, 3.05) is 5.32 Å². The number of anilines is 1. The fourth-order valence-corrected chi connectivity index (χ4v) is 1.33. The smallest absolute Gasteiger partial charge is 0.303 e. The van der Waals surface area contributed by atoms with Crippen LogP contribution in [0.1, 0.15) is 31.1 Å². The van der Waals surface area contributed by atoms with Gasteiger partial charge in [0.15, 0.2) is 11.9 Å². The van der Waals surface area contributed by atoms with Crippen molar-refractivity contribution in [3.63, 3.8) is 0 Å². The quantitative estimate of drug-likeness (QED) is 0.652. The third-order valence-electron chi connectivity index (χ3n) is 2.27. The standard InChI is InChI=1S/C13H15NO4/c1-8(15)11-4-6-12(7-5-11)14-13(17)9(2)18-10(3)16/h4-7,9H,1-3H3,(H,14,17)/t9-/m1/s1.